The topological polar surface area (TPSA) is 90.7 Å². The van der Waals surface area contributed by atoms with Crippen LogP contribution in [0.3, 0.4) is 0 Å². The molecule has 0 atom stereocenters. The number of benzene rings is 2. The minimum atomic E-state index is -0.590. The highest BCUT2D eigenvalue weighted by atomic mass is 16.6. The van der Waals surface area contributed by atoms with Crippen molar-refractivity contribution in [1.82, 2.24) is 5.32 Å². The van der Waals surface area contributed by atoms with E-state index >= 15 is 0 Å². The molecule has 0 aliphatic rings. The summed E-state index contributed by atoms with van der Waals surface area (Å²) < 4.78 is 9.98. The maximum Gasteiger partial charge on any atom is 0.407 e. The molecule has 0 saturated carbocycles. The summed E-state index contributed by atoms with van der Waals surface area (Å²) in [5, 5.41) is 13.5. The third-order valence-corrected chi connectivity index (χ3v) is 3.09. The van der Waals surface area contributed by atoms with Gasteiger partial charge in [-0.05, 0) is 17.2 Å². The predicted molar refractivity (Wildman–Crippen MR) is 83.1 cm³/mol. The van der Waals surface area contributed by atoms with Crippen LogP contribution in [0.2, 0.25) is 0 Å². The summed E-state index contributed by atoms with van der Waals surface area (Å²) in [4.78, 5) is 22.1. The molecule has 7 heteroatoms. The second-order valence-electron chi connectivity index (χ2n) is 4.68. The summed E-state index contributed by atoms with van der Waals surface area (Å²) in [6.07, 6.45) is -0.590. The van der Waals surface area contributed by atoms with Gasteiger partial charge in [0.2, 0.25) is 0 Å². The molecule has 0 heterocycles. The molecular formula is C16H16N2O5. The van der Waals surface area contributed by atoms with Crippen LogP contribution in [0.1, 0.15) is 11.1 Å². The maximum absolute atomic E-state index is 11.6. The molecule has 23 heavy (non-hydrogen) atoms. The number of hydrogen-bond acceptors (Lipinski definition) is 5. The van der Waals surface area contributed by atoms with E-state index in [0.29, 0.717) is 5.56 Å². The van der Waals surface area contributed by atoms with Crippen molar-refractivity contribution in [2.45, 2.75) is 13.2 Å². The smallest absolute Gasteiger partial charge is 0.407 e. The minimum absolute atomic E-state index is 0.123. The summed E-state index contributed by atoms with van der Waals surface area (Å²) >= 11 is 0. The van der Waals surface area contributed by atoms with Crippen LogP contribution in [-0.4, -0.2) is 18.1 Å². The monoisotopic (exact) mass is 316 g/mol. The number of nitro groups is 1. The number of ether oxygens (including phenoxy) is 2. The lowest BCUT2D eigenvalue weighted by molar-refractivity contribution is -0.385. The lowest BCUT2D eigenvalue weighted by atomic mass is 10.2. The van der Waals surface area contributed by atoms with E-state index < -0.39 is 11.0 Å². The van der Waals surface area contributed by atoms with Crippen LogP contribution in [0.4, 0.5) is 10.5 Å². The van der Waals surface area contributed by atoms with Crippen LogP contribution in [0.5, 0.6) is 5.75 Å². The molecule has 0 saturated heterocycles. The van der Waals surface area contributed by atoms with Crippen molar-refractivity contribution in [2.24, 2.45) is 0 Å². The lowest BCUT2D eigenvalue weighted by Crippen LogP contribution is -2.23. The number of alkyl carbamates (subject to hydrolysis) is 1. The van der Waals surface area contributed by atoms with Gasteiger partial charge in [0.25, 0.3) is 0 Å². The second-order valence-corrected chi connectivity index (χ2v) is 4.68. The van der Waals surface area contributed by atoms with E-state index in [0.717, 1.165) is 5.56 Å². The van der Waals surface area contributed by atoms with Crippen LogP contribution in [0.15, 0.2) is 48.5 Å². The predicted octanol–water partition coefficient (Wildman–Crippen LogP) is 3.03. The second kappa shape index (κ2) is 7.79. The van der Waals surface area contributed by atoms with Crippen molar-refractivity contribution < 1.29 is 19.2 Å². The van der Waals surface area contributed by atoms with Gasteiger partial charge in [0.15, 0.2) is 5.75 Å². The Morgan fingerprint density at radius 1 is 1.17 bits per heavy atom. The molecule has 0 aromatic heterocycles. The quantitative estimate of drug-likeness (QED) is 0.653. The normalized spacial score (nSPS) is 9.96. The highest BCUT2D eigenvalue weighted by molar-refractivity contribution is 5.67. The fourth-order valence-electron chi connectivity index (χ4n) is 1.94. The Balaban J connectivity index is 1.89. The van der Waals surface area contributed by atoms with Gasteiger partial charge in [-0.25, -0.2) is 4.79 Å². The zero-order valence-electron chi connectivity index (χ0n) is 12.5. The van der Waals surface area contributed by atoms with E-state index in [1.54, 1.807) is 6.07 Å². The first-order valence-electron chi connectivity index (χ1n) is 6.86. The molecule has 2 aromatic rings. The summed E-state index contributed by atoms with van der Waals surface area (Å²) in [5.74, 6) is 0.172. The number of rotatable bonds is 6. The first kappa shape index (κ1) is 16.3. The molecule has 0 bridgehead atoms. The molecule has 0 fully saturated rings. The van der Waals surface area contributed by atoms with E-state index in [-0.39, 0.29) is 24.6 Å². The Morgan fingerprint density at radius 2 is 1.91 bits per heavy atom. The summed E-state index contributed by atoms with van der Waals surface area (Å²) in [7, 11) is 1.36. The van der Waals surface area contributed by atoms with E-state index in [1.165, 1.54) is 19.2 Å². The molecule has 120 valence electrons. The van der Waals surface area contributed by atoms with Crippen LogP contribution >= 0.6 is 0 Å². The molecule has 0 spiro atoms. The fraction of sp³-hybridized carbons (Fsp3) is 0.188. The molecule has 0 aliphatic heterocycles. The molecule has 0 aliphatic carbocycles. The van der Waals surface area contributed by atoms with Gasteiger partial charge < -0.3 is 14.8 Å². The Bertz CT molecular complexity index is 688. The maximum atomic E-state index is 11.6. The standard InChI is InChI=1S/C16H16N2O5/c1-22-15-8-7-13(9-14(15)18(20)21)10-17-16(19)23-11-12-5-3-2-4-6-12/h2-9H,10-11H2,1H3,(H,17,19). The van der Waals surface area contributed by atoms with Gasteiger partial charge in [-0.2, -0.15) is 0 Å². The summed E-state index contributed by atoms with van der Waals surface area (Å²) in [6, 6.07) is 13.8. The molecule has 7 nitrogen and oxygen atoms in total. The SMILES string of the molecule is COc1ccc(CNC(=O)OCc2ccccc2)cc1[N+](=O)[O-]. The van der Waals surface area contributed by atoms with Crippen LogP contribution in [0, 0.1) is 10.1 Å². The molecule has 1 N–H and O–H groups in total. The Labute approximate surface area is 133 Å². The van der Waals surface area contributed by atoms with Crippen molar-refractivity contribution in [3.8, 4) is 5.75 Å². The molecule has 1 amide bonds. The zero-order valence-corrected chi connectivity index (χ0v) is 12.5. The van der Waals surface area contributed by atoms with E-state index in [4.69, 9.17) is 9.47 Å². The van der Waals surface area contributed by atoms with E-state index in [1.807, 2.05) is 30.3 Å². The minimum Gasteiger partial charge on any atom is -0.490 e. The summed E-state index contributed by atoms with van der Waals surface area (Å²) in [6.45, 7) is 0.286. The van der Waals surface area contributed by atoms with Gasteiger partial charge in [0, 0.05) is 12.6 Å². The number of nitro benzene ring substituents is 1. The van der Waals surface area contributed by atoms with E-state index in [9.17, 15) is 14.9 Å². The van der Waals surface area contributed by atoms with Gasteiger partial charge in [0.05, 0.1) is 12.0 Å². The van der Waals surface area contributed by atoms with Crippen LogP contribution in [-0.2, 0) is 17.9 Å². The fourth-order valence-corrected chi connectivity index (χ4v) is 1.94. The molecular weight excluding hydrogens is 300 g/mol. The van der Waals surface area contributed by atoms with Crippen molar-refractivity contribution >= 4 is 11.8 Å². The first-order chi connectivity index (χ1) is 11.1. The average molecular weight is 316 g/mol. The summed E-state index contributed by atoms with van der Waals surface area (Å²) in [5.41, 5.74) is 1.31. The van der Waals surface area contributed by atoms with Gasteiger partial charge in [-0.3, -0.25) is 10.1 Å². The number of methoxy groups -OCH3 is 1. The Kier molecular flexibility index (Phi) is 5.51. The largest absolute Gasteiger partial charge is 0.490 e. The van der Waals surface area contributed by atoms with Crippen molar-refractivity contribution in [3.05, 3.63) is 69.8 Å². The number of amides is 1. The van der Waals surface area contributed by atoms with Gasteiger partial charge in [0.1, 0.15) is 6.61 Å². The molecule has 0 radical (unpaired) electrons. The number of carbonyl (C=O) groups is 1. The number of hydrogen-bond donors (Lipinski definition) is 1. The highest BCUT2D eigenvalue weighted by Crippen LogP contribution is 2.27. The molecule has 2 rings (SSSR count). The average Bonchev–Trinajstić information content (AvgIpc) is 2.58. The van der Waals surface area contributed by atoms with Gasteiger partial charge in [-0.1, -0.05) is 36.4 Å². The third-order valence-electron chi connectivity index (χ3n) is 3.09. The van der Waals surface area contributed by atoms with Crippen LogP contribution < -0.4 is 10.1 Å². The number of carbonyl (C=O) groups excluding carboxylic acids is 1. The Hall–Kier alpha value is -3.09. The highest BCUT2D eigenvalue weighted by Gasteiger charge is 2.15. The first-order valence-corrected chi connectivity index (χ1v) is 6.86. The van der Waals surface area contributed by atoms with Crippen molar-refractivity contribution in [1.29, 1.82) is 0 Å². The van der Waals surface area contributed by atoms with Gasteiger partial charge >= 0.3 is 11.8 Å². The van der Waals surface area contributed by atoms with Crippen molar-refractivity contribution in [3.63, 3.8) is 0 Å². The molecule has 2 aromatic carbocycles. The third kappa shape index (κ3) is 4.70. The lowest BCUT2D eigenvalue weighted by Gasteiger charge is -2.08. The Morgan fingerprint density at radius 3 is 2.57 bits per heavy atom. The van der Waals surface area contributed by atoms with Crippen LogP contribution in [0.25, 0.3) is 0 Å². The van der Waals surface area contributed by atoms with E-state index in [2.05, 4.69) is 5.32 Å². The molecule has 0 unspecified atom stereocenters. The number of nitrogens with zero attached hydrogens (tertiary/aromatic N) is 1. The van der Waals surface area contributed by atoms with Gasteiger partial charge in [-0.15, -0.1) is 0 Å². The van der Waals surface area contributed by atoms with Crippen molar-refractivity contribution in [2.75, 3.05) is 7.11 Å². The number of nitrogens with one attached hydrogen (secondary N) is 1. The zero-order chi connectivity index (χ0) is 16.7.